The van der Waals surface area contributed by atoms with E-state index in [2.05, 4.69) is 14.9 Å². The molecule has 0 spiro atoms. The molecule has 0 atom stereocenters. The quantitative estimate of drug-likeness (QED) is 0.541. The van der Waals surface area contributed by atoms with Crippen molar-refractivity contribution in [1.29, 1.82) is 0 Å². The lowest BCUT2D eigenvalue weighted by atomic mass is 10.1. The Morgan fingerprint density at radius 2 is 2.13 bits per heavy atom. The molecule has 6 nitrogen and oxygen atoms in total. The van der Waals surface area contributed by atoms with Crippen LogP contribution in [0.1, 0.15) is 11.3 Å². The van der Waals surface area contributed by atoms with Gasteiger partial charge in [0.1, 0.15) is 18.2 Å². The highest BCUT2D eigenvalue weighted by atomic mass is 35.5. The Kier molecular flexibility index (Phi) is 4.77. The van der Waals surface area contributed by atoms with E-state index in [-0.39, 0.29) is 11.4 Å². The van der Waals surface area contributed by atoms with Crippen LogP contribution in [0.3, 0.4) is 0 Å². The van der Waals surface area contributed by atoms with E-state index < -0.39 is 0 Å². The average Bonchev–Trinajstić information content (AvgIpc) is 3.02. The minimum absolute atomic E-state index is 0.224. The summed E-state index contributed by atoms with van der Waals surface area (Å²) in [5, 5.41) is 1.36. The van der Waals surface area contributed by atoms with Crippen LogP contribution in [0.25, 0.3) is 16.6 Å². The van der Waals surface area contributed by atoms with Crippen molar-refractivity contribution >= 4 is 22.5 Å². The highest BCUT2D eigenvalue weighted by molar-refractivity contribution is 6.32. The van der Waals surface area contributed by atoms with Gasteiger partial charge in [-0.25, -0.2) is 4.39 Å². The van der Waals surface area contributed by atoms with Crippen LogP contribution in [0.4, 0.5) is 4.39 Å². The van der Waals surface area contributed by atoms with Crippen molar-refractivity contribution in [1.82, 2.24) is 19.4 Å². The fourth-order valence-electron chi connectivity index (χ4n) is 3.81. The molecule has 0 fully saturated rings. The van der Waals surface area contributed by atoms with Gasteiger partial charge in [-0.15, -0.1) is 0 Å². The van der Waals surface area contributed by atoms with Gasteiger partial charge < -0.3 is 14.3 Å². The number of ether oxygens (including phenoxy) is 1. The molecule has 2 aromatic carbocycles. The van der Waals surface area contributed by atoms with Crippen LogP contribution in [0.2, 0.25) is 5.02 Å². The highest BCUT2D eigenvalue weighted by Crippen LogP contribution is 2.35. The molecule has 0 aliphatic carbocycles. The minimum Gasteiger partial charge on any atom is -0.490 e. The summed E-state index contributed by atoms with van der Waals surface area (Å²) in [7, 11) is 0. The van der Waals surface area contributed by atoms with E-state index in [0.717, 1.165) is 27.8 Å². The summed E-state index contributed by atoms with van der Waals surface area (Å²) in [6, 6.07) is 10.5. The fourth-order valence-corrected chi connectivity index (χ4v) is 4.10. The third-order valence-corrected chi connectivity index (χ3v) is 5.48. The Morgan fingerprint density at radius 3 is 2.97 bits per heavy atom. The van der Waals surface area contributed by atoms with Crippen molar-refractivity contribution in [2.45, 2.75) is 13.1 Å². The highest BCUT2D eigenvalue weighted by Gasteiger charge is 2.20. The summed E-state index contributed by atoms with van der Waals surface area (Å²) in [6.07, 6.45) is 4.82. The molecule has 5 rings (SSSR count). The zero-order chi connectivity index (χ0) is 20.7. The maximum absolute atomic E-state index is 13.5. The molecule has 152 valence electrons. The summed E-state index contributed by atoms with van der Waals surface area (Å²) < 4.78 is 21.5. The molecule has 0 saturated heterocycles. The summed E-state index contributed by atoms with van der Waals surface area (Å²) >= 11 is 6.57. The van der Waals surface area contributed by atoms with Crippen LogP contribution in [0, 0.1) is 5.82 Å². The second kappa shape index (κ2) is 7.59. The Labute approximate surface area is 176 Å². The number of aromatic nitrogens is 3. The van der Waals surface area contributed by atoms with E-state index in [1.807, 2.05) is 29.0 Å². The fraction of sp³-hybridized carbons (Fsp3) is 0.182. The van der Waals surface area contributed by atoms with E-state index in [1.165, 1.54) is 18.3 Å². The zero-order valence-electron chi connectivity index (χ0n) is 15.9. The summed E-state index contributed by atoms with van der Waals surface area (Å²) in [5.74, 6) is 0.417. The molecule has 3 heterocycles. The predicted octanol–water partition coefficient (Wildman–Crippen LogP) is 3.90. The van der Waals surface area contributed by atoms with E-state index in [1.54, 1.807) is 12.3 Å². The van der Waals surface area contributed by atoms with Crippen LogP contribution in [0.5, 0.6) is 5.75 Å². The van der Waals surface area contributed by atoms with Crippen LogP contribution in [0.15, 0.2) is 59.8 Å². The van der Waals surface area contributed by atoms with Crippen molar-refractivity contribution in [3.05, 3.63) is 87.4 Å². The summed E-state index contributed by atoms with van der Waals surface area (Å²) in [6.45, 7) is 2.40. The van der Waals surface area contributed by atoms with Crippen LogP contribution < -0.4 is 10.3 Å². The molecule has 0 bridgehead atoms. The Bertz CT molecular complexity index is 1280. The van der Waals surface area contributed by atoms with Crippen molar-refractivity contribution in [2.24, 2.45) is 0 Å². The minimum atomic E-state index is -0.264. The molecule has 2 aromatic heterocycles. The van der Waals surface area contributed by atoms with Crippen molar-refractivity contribution in [2.75, 3.05) is 13.2 Å². The number of H-pyrrole nitrogens is 1. The van der Waals surface area contributed by atoms with Gasteiger partial charge in [0, 0.05) is 48.7 Å². The van der Waals surface area contributed by atoms with Crippen LogP contribution in [-0.4, -0.2) is 32.6 Å². The van der Waals surface area contributed by atoms with Gasteiger partial charge in [0.05, 0.1) is 22.4 Å². The molecule has 1 N–H and O–H groups in total. The van der Waals surface area contributed by atoms with Gasteiger partial charge >= 0.3 is 0 Å². The molecular formula is C22H18ClFN4O2. The lowest BCUT2D eigenvalue weighted by Crippen LogP contribution is -2.26. The number of rotatable bonds is 3. The summed E-state index contributed by atoms with van der Waals surface area (Å²) in [4.78, 5) is 20.3. The second-order valence-electron chi connectivity index (χ2n) is 7.27. The van der Waals surface area contributed by atoms with E-state index in [4.69, 9.17) is 16.3 Å². The first-order valence-electron chi connectivity index (χ1n) is 9.55. The molecule has 8 heteroatoms. The Hall–Kier alpha value is -3.16. The van der Waals surface area contributed by atoms with E-state index in [9.17, 15) is 9.18 Å². The first-order valence-corrected chi connectivity index (χ1v) is 9.93. The smallest absolute Gasteiger partial charge is 0.266 e. The van der Waals surface area contributed by atoms with E-state index >= 15 is 0 Å². The lowest BCUT2D eigenvalue weighted by Gasteiger charge is -2.19. The Morgan fingerprint density at radius 1 is 1.23 bits per heavy atom. The average molecular weight is 425 g/mol. The molecule has 0 unspecified atom stereocenters. The molecule has 0 amide bonds. The first-order chi connectivity index (χ1) is 14.6. The van der Waals surface area contributed by atoms with Crippen molar-refractivity contribution in [3.8, 4) is 11.4 Å². The van der Waals surface area contributed by atoms with Gasteiger partial charge in [-0.05, 0) is 36.4 Å². The van der Waals surface area contributed by atoms with Gasteiger partial charge in [-0.1, -0.05) is 11.6 Å². The largest absolute Gasteiger partial charge is 0.490 e. The zero-order valence-corrected chi connectivity index (χ0v) is 16.7. The molecular weight excluding hydrogens is 407 g/mol. The Balaban J connectivity index is 1.50. The maximum atomic E-state index is 13.5. The number of hydrogen-bond donors (Lipinski definition) is 1. The van der Waals surface area contributed by atoms with E-state index in [0.29, 0.717) is 37.0 Å². The van der Waals surface area contributed by atoms with Gasteiger partial charge in [-0.3, -0.25) is 14.7 Å². The number of aromatic amines is 1. The predicted molar refractivity (Wildman–Crippen MR) is 113 cm³/mol. The second-order valence-corrected chi connectivity index (χ2v) is 7.67. The first kappa shape index (κ1) is 18.8. The van der Waals surface area contributed by atoms with Gasteiger partial charge in [-0.2, -0.15) is 0 Å². The van der Waals surface area contributed by atoms with Gasteiger partial charge in [0.25, 0.3) is 5.56 Å². The van der Waals surface area contributed by atoms with Crippen LogP contribution in [-0.2, 0) is 13.1 Å². The molecule has 0 saturated carbocycles. The maximum Gasteiger partial charge on any atom is 0.266 e. The standard InChI is InChI=1S/C22H18ClFN4O2/c23-19-9-18(28-4-3-14-7-16(24)1-2-20(14)28)8-15-12-27(5-6-30-22(15)19)13-17-10-26-21(29)11-25-17/h1-4,7-11H,5-6,12-13H2,(H,26,29). The third-order valence-electron chi connectivity index (χ3n) is 5.20. The molecule has 30 heavy (non-hydrogen) atoms. The number of benzene rings is 2. The summed E-state index contributed by atoms with van der Waals surface area (Å²) in [5.41, 5.74) is 3.30. The number of nitrogens with one attached hydrogen (secondary N) is 1. The molecule has 1 aliphatic rings. The molecule has 1 aliphatic heterocycles. The molecule has 0 radical (unpaired) electrons. The van der Waals surface area contributed by atoms with Crippen molar-refractivity contribution in [3.63, 3.8) is 0 Å². The number of fused-ring (bicyclic) bond motifs is 2. The van der Waals surface area contributed by atoms with Crippen LogP contribution >= 0.6 is 11.6 Å². The topological polar surface area (TPSA) is 63.2 Å². The number of nitrogens with zero attached hydrogens (tertiary/aromatic N) is 3. The monoisotopic (exact) mass is 424 g/mol. The van der Waals surface area contributed by atoms with Gasteiger partial charge in [0.15, 0.2) is 0 Å². The third kappa shape index (κ3) is 3.58. The van der Waals surface area contributed by atoms with Crippen molar-refractivity contribution < 1.29 is 9.13 Å². The molecule has 4 aromatic rings. The number of hydrogen-bond acceptors (Lipinski definition) is 4. The SMILES string of the molecule is O=c1cnc(CN2CCOc3c(Cl)cc(-n4ccc5cc(F)ccc54)cc3C2)c[nH]1. The lowest BCUT2D eigenvalue weighted by molar-refractivity contribution is 0.217. The number of halogens is 2. The van der Waals surface area contributed by atoms with Gasteiger partial charge in [0.2, 0.25) is 0 Å². The normalized spacial score (nSPS) is 14.3.